The Balaban J connectivity index is 1.97. The van der Waals surface area contributed by atoms with Crippen LogP contribution in [0.3, 0.4) is 0 Å². The van der Waals surface area contributed by atoms with Crippen molar-refractivity contribution >= 4 is 34.7 Å². The summed E-state index contributed by atoms with van der Waals surface area (Å²) < 4.78 is 6.87. The lowest BCUT2D eigenvalue weighted by Crippen LogP contribution is -2.31. The lowest BCUT2D eigenvalue weighted by atomic mass is 10.2. The van der Waals surface area contributed by atoms with Gasteiger partial charge in [0.15, 0.2) is 10.9 Å². The molecule has 0 atom stereocenters. The topological polar surface area (TPSA) is 51.1 Å². The van der Waals surface area contributed by atoms with Crippen molar-refractivity contribution in [2.45, 2.75) is 13.5 Å². The molecule has 2 aromatic rings. The number of ether oxygens (including phenoxy) is 1. The Hall–Kier alpha value is -1.63. The van der Waals surface area contributed by atoms with E-state index in [1.807, 2.05) is 41.9 Å². The lowest BCUT2D eigenvalue weighted by Gasteiger charge is -2.07. The fourth-order valence-electron chi connectivity index (χ4n) is 1.97. The molecule has 5 nitrogen and oxygen atoms in total. The molecule has 0 saturated heterocycles. The molecule has 0 aliphatic carbocycles. The number of aryl methyl sites for hydroxylation is 1. The largest absolute Gasteiger partial charge is 0.383 e. The average molecular weight is 339 g/mol. The summed E-state index contributed by atoms with van der Waals surface area (Å²) in [5.41, 5.74) is 2.15. The van der Waals surface area contributed by atoms with Crippen LogP contribution in [-0.2, 0) is 11.3 Å². The molecule has 0 aliphatic heterocycles. The van der Waals surface area contributed by atoms with Gasteiger partial charge in [0.1, 0.15) is 0 Å². The standard InChI is InChI=1S/C15H19ClN4OS/c1-11-8-14(18-15(22)17-6-7-21-2)19-20(11)10-12-4-3-5-13(16)9-12/h3-5,8-9H,6-7,10H2,1-2H3,(H2,17,18,19,22). The first kappa shape index (κ1) is 16.7. The average Bonchev–Trinajstić information content (AvgIpc) is 2.79. The van der Waals surface area contributed by atoms with Gasteiger partial charge < -0.3 is 15.4 Å². The van der Waals surface area contributed by atoms with Crippen molar-refractivity contribution in [1.29, 1.82) is 0 Å². The maximum absolute atomic E-state index is 6.01. The van der Waals surface area contributed by atoms with Gasteiger partial charge in [0.2, 0.25) is 0 Å². The van der Waals surface area contributed by atoms with Gasteiger partial charge in [-0.05, 0) is 36.8 Å². The molecule has 1 heterocycles. The first-order chi connectivity index (χ1) is 10.6. The van der Waals surface area contributed by atoms with Crippen molar-refractivity contribution in [3.63, 3.8) is 0 Å². The number of thiocarbonyl (C=S) groups is 1. The zero-order chi connectivity index (χ0) is 15.9. The van der Waals surface area contributed by atoms with E-state index in [1.165, 1.54) is 0 Å². The summed E-state index contributed by atoms with van der Waals surface area (Å²) in [5.74, 6) is 0.717. The second-order valence-corrected chi connectivity index (χ2v) is 5.68. The van der Waals surface area contributed by atoms with Crippen LogP contribution in [0.5, 0.6) is 0 Å². The van der Waals surface area contributed by atoms with Crippen LogP contribution in [0.4, 0.5) is 5.82 Å². The van der Waals surface area contributed by atoms with E-state index in [0.717, 1.165) is 22.1 Å². The Kier molecular flexibility index (Phi) is 6.18. The molecule has 0 saturated carbocycles. The van der Waals surface area contributed by atoms with Crippen molar-refractivity contribution < 1.29 is 4.74 Å². The molecular formula is C15H19ClN4OS. The van der Waals surface area contributed by atoms with E-state index in [2.05, 4.69) is 15.7 Å². The Labute approximate surface area is 140 Å². The number of benzene rings is 1. The maximum Gasteiger partial charge on any atom is 0.172 e. The molecule has 22 heavy (non-hydrogen) atoms. The SMILES string of the molecule is COCCNC(=S)Nc1cc(C)n(Cc2cccc(Cl)c2)n1. The predicted molar refractivity (Wildman–Crippen MR) is 93.6 cm³/mol. The summed E-state index contributed by atoms with van der Waals surface area (Å²) in [6, 6.07) is 9.71. The zero-order valence-electron chi connectivity index (χ0n) is 12.6. The molecular weight excluding hydrogens is 320 g/mol. The molecule has 0 radical (unpaired) electrons. The summed E-state index contributed by atoms with van der Waals surface area (Å²) in [4.78, 5) is 0. The van der Waals surface area contributed by atoms with Crippen LogP contribution in [0.2, 0.25) is 5.02 Å². The molecule has 2 rings (SSSR count). The van der Waals surface area contributed by atoms with Gasteiger partial charge in [-0.25, -0.2) is 0 Å². The van der Waals surface area contributed by atoms with Crippen LogP contribution in [0.25, 0.3) is 0 Å². The van der Waals surface area contributed by atoms with Gasteiger partial charge in [-0.15, -0.1) is 0 Å². The summed E-state index contributed by atoms with van der Waals surface area (Å²) in [6.45, 7) is 3.93. The summed E-state index contributed by atoms with van der Waals surface area (Å²) in [6.07, 6.45) is 0. The number of aromatic nitrogens is 2. The number of hydrogen-bond acceptors (Lipinski definition) is 3. The molecule has 7 heteroatoms. The molecule has 1 aromatic heterocycles. The molecule has 0 fully saturated rings. The van der Waals surface area contributed by atoms with E-state index in [0.29, 0.717) is 24.8 Å². The van der Waals surface area contributed by atoms with Crippen molar-refractivity contribution in [3.8, 4) is 0 Å². The normalized spacial score (nSPS) is 10.5. The van der Waals surface area contributed by atoms with Crippen LogP contribution >= 0.6 is 23.8 Å². The maximum atomic E-state index is 6.01. The van der Waals surface area contributed by atoms with Gasteiger partial charge in [-0.1, -0.05) is 23.7 Å². The van der Waals surface area contributed by atoms with Gasteiger partial charge in [0.05, 0.1) is 13.2 Å². The summed E-state index contributed by atoms with van der Waals surface area (Å²) >= 11 is 11.2. The van der Waals surface area contributed by atoms with Gasteiger partial charge in [-0.3, -0.25) is 4.68 Å². The number of rotatable bonds is 6. The highest BCUT2D eigenvalue weighted by molar-refractivity contribution is 7.80. The highest BCUT2D eigenvalue weighted by Crippen LogP contribution is 2.14. The molecule has 0 amide bonds. The second-order valence-electron chi connectivity index (χ2n) is 4.83. The Bertz CT molecular complexity index is 644. The Morgan fingerprint density at radius 3 is 2.95 bits per heavy atom. The van der Waals surface area contributed by atoms with Crippen molar-refractivity contribution in [3.05, 3.63) is 46.6 Å². The third-order valence-corrected chi connectivity index (χ3v) is 3.52. The third-order valence-electron chi connectivity index (χ3n) is 3.04. The summed E-state index contributed by atoms with van der Waals surface area (Å²) in [7, 11) is 1.65. The molecule has 0 bridgehead atoms. The zero-order valence-corrected chi connectivity index (χ0v) is 14.2. The highest BCUT2D eigenvalue weighted by atomic mass is 35.5. The number of hydrogen-bond donors (Lipinski definition) is 2. The van der Waals surface area contributed by atoms with Crippen LogP contribution in [-0.4, -0.2) is 35.2 Å². The quantitative estimate of drug-likeness (QED) is 0.626. The Morgan fingerprint density at radius 1 is 1.41 bits per heavy atom. The number of methoxy groups -OCH3 is 1. The van der Waals surface area contributed by atoms with E-state index in [-0.39, 0.29) is 0 Å². The van der Waals surface area contributed by atoms with Crippen LogP contribution in [0.1, 0.15) is 11.3 Å². The number of nitrogens with zero attached hydrogens (tertiary/aromatic N) is 2. The highest BCUT2D eigenvalue weighted by Gasteiger charge is 2.06. The monoisotopic (exact) mass is 338 g/mol. The molecule has 1 aromatic carbocycles. The molecule has 0 aliphatic rings. The first-order valence-electron chi connectivity index (χ1n) is 6.91. The van der Waals surface area contributed by atoms with E-state index >= 15 is 0 Å². The lowest BCUT2D eigenvalue weighted by molar-refractivity contribution is 0.204. The predicted octanol–water partition coefficient (Wildman–Crippen LogP) is 2.83. The molecule has 0 unspecified atom stereocenters. The first-order valence-corrected chi connectivity index (χ1v) is 7.70. The fraction of sp³-hybridized carbons (Fsp3) is 0.333. The molecule has 2 N–H and O–H groups in total. The van der Waals surface area contributed by atoms with Crippen LogP contribution in [0, 0.1) is 6.92 Å². The van der Waals surface area contributed by atoms with E-state index < -0.39 is 0 Å². The van der Waals surface area contributed by atoms with Crippen molar-refractivity contribution in [1.82, 2.24) is 15.1 Å². The molecule has 118 valence electrons. The van der Waals surface area contributed by atoms with Gasteiger partial charge in [0, 0.05) is 30.4 Å². The van der Waals surface area contributed by atoms with E-state index in [9.17, 15) is 0 Å². The van der Waals surface area contributed by atoms with E-state index in [4.69, 9.17) is 28.6 Å². The third kappa shape index (κ3) is 4.98. The summed E-state index contributed by atoms with van der Waals surface area (Å²) in [5, 5.41) is 11.9. The Morgan fingerprint density at radius 2 is 2.23 bits per heavy atom. The van der Waals surface area contributed by atoms with Gasteiger partial charge in [0.25, 0.3) is 0 Å². The van der Waals surface area contributed by atoms with Crippen molar-refractivity contribution in [2.75, 3.05) is 25.6 Å². The van der Waals surface area contributed by atoms with E-state index in [1.54, 1.807) is 7.11 Å². The van der Waals surface area contributed by atoms with Gasteiger partial charge in [-0.2, -0.15) is 5.10 Å². The number of anilines is 1. The fourth-order valence-corrected chi connectivity index (χ4v) is 2.39. The minimum absolute atomic E-state index is 0.532. The number of halogens is 1. The van der Waals surface area contributed by atoms with Gasteiger partial charge >= 0.3 is 0 Å². The molecule has 0 spiro atoms. The minimum Gasteiger partial charge on any atom is -0.383 e. The number of nitrogens with one attached hydrogen (secondary N) is 2. The van der Waals surface area contributed by atoms with Crippen LogP contribution in [0.15, 0.2) is 30.3 Å². The van der Waals surface area contributed by atoms with Crippen molar-refractivity contribution in [2.24, 2.45) is 0 Å². The second kappa shape index (κ2) is 8.12. The van der Waals surface area contributed by atoms with Crippen LogP contribution < -0.4 is 10.6 Å². The smallest absolute Gasteiger partial charge is 0.172 e. The minimum atomic E-state index is 0.532.